The Morgan fingerprint density at radius 2 is 1.69 bits per heavy atom. The second-order valence-corrected chi connectivity index (χ2v) is 9.21. The zero-order chi connectivity index (χ0) is 18.9. The summed E-state index contributed by atoms with van der Waals surface area (Å²) in [5.41, 5.74) is 7.71. The summed E-state index contributed by atoms with van der Waals surface area (Å²) in [4.78, 5) is 4.97. The highest BCUT2D eigenvalue weighted by Gasteiger charge is 2.18. The van der Waals surface area contributed by atoms with Crippen LogP contribution in [-0.2, 0) is 0 Å². The van der Waals surface area contributed by atoms with Gasteiger partial charge in [-0.1, -0.05) is 45.0 Å². The molecule has 0 radical (unpaired) electrons. The molecule has 29 heavy (non-hydrogen) atoms. The van der Waals surface area contributed by atoms with Crippen LogP contribution in [0.25, 0.3) is 50.6 Å². The number of halogens is 1. The Bertz CT molecular complexity index is 1660. The first-order valence-corrected chi connectivity index (χ1v) is 11.9. The highest BCUT2D eigenvalue weighted by Crippen LogP contribution is 2.34. The summed E-state index contributed by atoms with van der Waals surface area (Å²) >= 11 is -0.0394. The minimum Gasteiger partial charge on any atom is -0.456 e. The van der Waals surface area contributed by atoms with E-state index in [0.29, 0.717) is 0 Å². The van der Waals surface area contributed by atoms with E-state index in [0.717, 1.165) is 44.9 Å². The number of hydrogen-bond donors (Lipinski definition) is 0. The SMILES string of the molecule is C1=Cc2oc3ccc(-n4c5ccccc5n5c6ccccc6nc45)cc3c2C=I1. The fraction of sp³-hybridized carbons (Fsp3) is 0. The van der Waals surface area contributed by atoms with E-state index in [1.54, 1.807) is 0 Å². The average molecular weight is 487 g/mol. The number of hydrogen-bond acceptors (Lipinski definition) is 2. The van der Waals surface area contributed by atoms with Crippen LogP contribution in [0.2, 0.25) is 0 Å². The van der Waals surface area contributed by atoms with Gasteiger partial charge < -0.3 is 4.42 Å². The minimum atomic E-state index is -0.0394. The monoisotopic (exact) mass is 487 g/mol. The summed E-state index contributed by atoms with van der Waals surface area (Å²) in [7, 11) is 0. The van der Waals surface area contributed by atoms with Crippen LogP contribution >= 0.6 is 20.7 Å². The molecule has 0 N–H and O–H groups in total. The normalized spacial score (nSPS) is 13.5. The molecule has 3 aromatic carbocycles. The average Bonchev–Trinajstić information content (AvgIpc) is 3.41. The zero-order valence-corrected chi connectivity index (χ0v) is 17.4. The van der Waals surface area contributed by atoms with Gasteiger partial charge in [-0.3, -0.25) is 8.97 Å². The second kappa shape index (κ2) is 5.67. The van der Waals surface area contributed by atoms with Gasteiger partial charge in [0.1, 0.15) is 11.3 Å². The van der Waals surface area contributed by atoms with Crippen molar-refractivity contribution in [2.24, 2.45) is 0 Å². The van der Waals surface area contributed by atoms with Crippen molar-refractivity contribution in [2.45, 2.75) is 0 Å². The Morgan fingerprint density at radius 3 is 2.62 bits per heavy atom. The van der Waals surface area contributed by atoms with Gasteiger partial charge in [0.25, 0.3) is 0 Å². The molecule has 7 rings (SSSR count). The van der Waals surface area contributed by atoms with E-state index in [2.05, 4.69) is 83.8 Å². The molecule has 0 spiro atoms. The molecular formula is C24H14IN3O. The van der Waals surface area contributed by atoms with Crippen LogP contribution in [0, 0.1) is 0 Å². The van der Waals surface area contributed by atoms with Crippen LogP contribution in [0.4, 0.5) is 0 Å². The van der Waals surface area contributed by atoms with Gasteiger partial charge in [0.2, 0.25) is 5.78 Å². The molecule has 138 valence electrons. The van der Waals surface area contributed by atoms with Gasteiger partial charge in [0, 0.05) is 10.9 Å². The summed E-state index contributed by atoms with van der Waals surface area (Å²) in [6.07, 6.45) is 2.12. The Morgan fingerprint density at radius 1 is 0.862 bits per heavy atom. The van der Waals surface area contributed by atoms with E-state index in [9.17, 15) is 0 Å². The first-order valence-electron chi connectivity index (χ1n) is 9.44. The van der Waals surface area contributed by atoms with Crippen LogP contribution in [0.15, 0.2) is 75.2 Å². The van der Waals surface area contributed by atoms with Crippen molar-refractivity contribution in [2.75, 3.05) is 0 Å². The van der Waals surface area contributed by atoms with Crippen LogP contribution in [-0.4, -0.2) is 18.0 Å². The smallest absolute Gasteiger partial charge is 0.220 e. The third-order valence-corrected chi connectivity index (χ3v) is 7.32. The number of nitrogens with zero attached hydrogens (tertiary/aromatic N) is 3. The molecule has 6 aromatic rings. The Kier molecular flexibility index (Phi) is 3.07. The van der Waals surface area contributed by atoms with Crippen molar-refractivity contribution < 1.29 is 4.42 Å². The molecule has 0 unspecified atom stereocenters. The van der Waals surface area contributed by atoms with Gasteiger partial charge in [-0.15, -0.1) is 0 Å². The molecule has 1 aliphatic rings. The van der Waals surface area contributed by atoms with Crippen molar-refractivity contribution in [3.8, 4) is 5.69 Å². The third kappa shape index (κ3) is 2.08. The summed E-state index contributed by atoms with van der Waals surface area (Å²) in [6.45, 7) is 0. The van der Waals surface area contributed by atoms with Gasteiger partial charge in [0.15, 0.2) is 0 Å². The third-order valence-electron chi connectivity index (χ3n) is 5.56. The van der Waals surface area contributed by atoms with E-state index in [4.69, 9.17) is 9.40 Å². The molecule has 1 aliphatic heterocycles. The summed E-state index contributed by atoms with van der Waals surface area (Å²) < 4.78 is 15.1. The lowest BCUT2D eigenvalue weighted by Gasteiger charge is -2.05. The number of furan rings is 1. The standard InChI is InChI=1S/C24H14IN3O/c1-2-6-19-18(5-1)26-24-27(20-7-3-4-8-21(20)28(19)24)15-9-10-22-16(13-15)17-14-25-12-11-23(17)29-22/h1-14H. The van der Waals surface area contributed by atoms with E-state index < -0.39 is 0 Å². The topological polar surface area (TPSA) is 35.4 Å². The van der Waals surface area contributed by atoms with Gasteiger partial charge in [0.05, 0.1) is 27.8 Å². The predicted octanol–water partition coefficient (Wildman–Crippen LogP) is 6.28. The van der Waals surface area contributed by atoms with Crippen molar-refractivity contribution in [1.82, 2.24) is 14.0 Å². The molecule has 0 atom stereocenters. The molecule has 0 aliphatic carbocycles. The quantitative estimate of drug-likeness (QED) is 0.256. The van der Waals surface area contributed by atoms with E-state index in [1.807, 2.05) is 6.07 Å². The molecule has 0 bridgehead atoms. The van der Waals surface area contributed by atoms with Crippen molar-refractivity contribution >= 4 is 69.6 Å². The number of para-hydroxylation sites is 4. The van der Waals surface area contributed by atoms with Gasteiger partial charge in [-0.25, -0.2) is 4.98 Å². The minimum absolute atomic E-state index is 0.0394. The lowest BCUT2D eigenvalue weighted by molar-refractivity contribution is 0.604. The fourth-order valence-corrected chi connectivity index (χ4v) is 6.04. The number of benzene rings is 3. The number of rotatable bonds is 1. The largest absolute Gasteiger partial charge is 0.456 e. The zero-order valence-electron chi connectivity index (χ0n) is 15.2. The fourth-order valence-electron chi connectivity index (χ4n) is 4.30. The second-order valence-electron chi connectivity index (χ2n) is 7.15. The predicted molar refractivity (Wildman–Crippen MR) is 128 cm³/mol. The van der Waals surface area contributed by atoms with Crippen molar-refractivity contribution in [3.05, 3.63) is 82.1 Å². The Hall–Kier alpha value is -3.19. The van der Waals surface area contributed by atoms with Gasteiger partial charge in [-0.2, -0.15) is 0 Å². The number of imidazole rings is 2. The molecule has 0 fully saturated rings. The van der Waals surface area contributed by atoms with Gasteiger partial charge in [-0.05, 0) is 56.6 Å². The van der Waals surface area contributed by atoms with Crippen molar-refractivity contribution in [3.63, 3.8) is 0 Å². The van der Waals surface area contributed by atoms with Crippen molar-refractivity contribution in [1.29, 1.82) is 0 Å². The molecule has 0 saturated carbocycles. The number of aromatic nitrogens is 3. The van der Waals surface area contributed by atoms with E-state index in [-0.39, 0.29) is 20.7 Å². The van der Waals surface area contributed by atoms with Gasteiger partial charge >= 0.3 is 0 Å². The molecule has 0 amide bonds. The lowest BCUT2D eigenvalue weighted by Crippen LogP contribution is -1.95. The molecule has 3 aromatic heterocycles. The number of fused-ring (bicyclic) bond motifs is 8. The van der Waals surface area contributed by atoms with Crippen LogP contribution in [0.5, 0.6) is 0 Å². The molecular weight excluding hydrogens is 473 g/mol. The Labute approximate surface area is 175 Å². The molecule has 0 saturated heterocycles. The van der Waals surface area contributed by atoms with E-state index in [1.165, 1.54) is 10.9 Å². The highest BCUT2D eigenvalue weighted by atomic mass is 127. The highest BCUT2D eigenvalue weighted by molar-refractivity contribution is 14.2. The van der Waals surface area contributed by atoms with Crippen LogP contribution in [0.3, 0.4) is 0 Å². The first-order chi connectivity index (χ1) is 14.4. The Balaban J connectivity index is 1.62. The summed E-state index contributed by atoms with van der Waals surface area (Å²) in [6, 6.07) is 23.2. The van der Waals surface area contributed by atoms with E-state index >= 15 is 0 Å². The first kappa shape index (κ1) is 15.7. The summed E-state index contributed by atoms with van der Waals surface area (Å²) in [5.74, 6) is 1.90. The molecule has 4 heterocycles. The maximum absolute atomic E-state index is 6.06. The summed E-state index contributed by atoms with van der Waals surface area (Å²) in [5, 5.41) is 1.17. The molecule has 4 nitrogen and oxygen atoms in total. The lowest BCUT2D eigenvalue weighted by atomic mass is 10.1. The molecule has 5 heteroatoms. The van der Waals surface area contributed by atoms with Crippen LogP contribution in [0.1, 0.15) is 11.3 Å². The maximum atomic E-state index is 6.06. The van der Waals surface area contributed by atoms with Crippen LogP contribution < -0.4 is 0 Å². The maximum Gasteiger partial charge on any atom is 0.220 e.